The first-order valence-corrected chi connectivity index (χ1v) is 36.5. The number of carbonyl (C=O) groups is 4. The Morgan fingerprint density at radius 1 is 0.325 bits per heavy atom. The first-order chi connectivity index (χ1) is 39.9. The molecule has 492 valence electrons. The highest BCUT2D eigenvalue weighted by atomic mass is 31.2. The third-order valence-corrected chi connectivity index (χ3v) is 16.6. The summed E-state index contributed by atoms with van der Waals surface area (Å²) in [7, 11) is -9.88. The molecule has 3 N–H and O–H groups in total. The number of unbranched alkanes of at least 4 members (excludes halogenated alkanes) is 33. The van der Waals surface area contributed by atoms with Crippen LogP contribution < -0.4 is 0 Å². The van der Waals surface area contributed by atoms with Gasteiger partial charge in [0, 0.05) is 25.7 Å². The molecule has 0 aromatic heterocycles. The van der Waals surface area contributed by atoms with Crippen LogP contribution in [0.15, 0.2) is 0 Å². The van der Waals surface area contributed by atoms with Crippen LogP contribution in [0.4, 0.5) is 0 Å². The molecule has 83 heavy (non-hydrogen) atoms. The fourth-order valence-electron chi connectivity index (χ4n) is 9.53. The lowest BCUT2D eigenvalue weighted by Crippen LogP contribution is -2.30. The van der Waals surface area contributed by atoms with Crippen LogP contribution in [0.3, 0.4) is 0 Å². The van der Waals surface area contributed by atoms with E-state index < -0.39 is 97.5 Å². The first-order valence-electron chi connectivity index (χ1n) is 33.5. The van der Waals surface area contributed by atoms with Gasteiger partial charge in [0.2, 0.25) is 0 Å². The summed E-state index contributed by atoms with van der Waals surface area (Å²) in [5, 5.41) is 10.5. The molecule has 0 heterocycles. The van der Waals surface area contributed by atoms with Gasteiger partial charge in [0.15, 0.2) is 12.2 Å². The lowest BCUT2D eigenvalue weighted by molar-refractivity contribution is -0.161. The predicted octanol–water partition coefficient (Wildman–Crippen LogP) is 17.7. The molecule has 0 spiro atoms. The predicted molar refractivity (Wildman–Crippen MR) is 331 cm³/mol. The summed E-state index contributed by atoms with van der Waals surface area (Å²) >= 11 is 0. The summed E-state index contributed by atoms with van der Waals surface area (Å²) in [5.74, 6) is -0.747. The Morgan fingerprint density at radius 3 is 0.819 bits per heavy atom. The maximum atomic E-state index is 13.0. The monoisotopic (exact) mass is 1230 g/mol. The SMILES string of the molecule is CCCCCCCCCCCCCCCCCCCCC(=O)O[C@H](COC(=O)CCCCCCCCCC(C)C)COP(=O)(O)OC[C@@H](O)COP(=O)(O)OC[C@@H](COC(=O)CCCCCCC)OC(=O)CCCCCCCCCC(C)C. The molecule has 0 aliphatic carbocycles. The third-order valence-electron chi connectivity index (χ3n) is 14.7. The van der Waals surface area contributed by atoms with Crippen molar-refractivity contribution in [1.29, 1.82) is 0 Å². The van der Waals surface area contributed by atoms with Crippen LogP contribution in [0.25, 0.3) is 0 Å². The van der Waals surface area contributed by atoms with Gasteiger partial charge in [0.05, 0.1) is 26.4 Å². The van der Waals surface area contributed by atoms with Gasteiger partial charge in [-0.1, -0.05) is 266 Å². The van der Waals surface area contributed by atoms with Crippen LogP contribution in [0.5, 0.6) is 0 Å². The van der Waals surface area contributed by atoms with E-state index in [0.29, 0.717) is 37.5 Å². The molecule has 0 aromatic rings. The smallest absolute Gasteiger partial charge is 0.462 e. The van der Waals surface area contributed by atoms with Crippen LogP contribution in [-0.4, -0.2) is 96.7 Å². The number of aliphatic hydroxyl groups is 1. The Kier molecular flexibility index (Phi) is 55.2. The van der Waals surface area contributed by atoms with Gasteiger partial charge in [-0.2, -0.15) is 0 Å². The topological polar surface area (TPSA) is 237 Å². The summed E-state index contributed by atoms with van der Waals surface area (Å²) in [6.07, 6.45) is 39.6. The minimum Gasteiger partial charge on any atom is -0.462 e. The number of phosphoric ester groups is 2. The van der Waals surface area contributed by atoms with Crippen molar-refractivity contribution in [1.82, 2.24) is 0 Å². The van der Waals surface area contributed by atoms with E-state index in [4.69, 9.17) is 37.0 Å². The molecule has 19 heteroatoms. The summed E-state index contributed by atoms with van der Waals surface area (Å²) in [6, 6.07) is 0. The molecule has 0 radical (unpaired) electrons. The van der Waals surface area contributed by atoms with Gasteiger partial charge in [-0.05, 0) is 37.5 Å². The van der Waals surface area contributed by atoms with Crippen molar-refractivity contribution in [2.75, 3.05) is 39.6 Å². The Balaban J connectivity index is 5.13. The molecule has 0 saturated heterocycles. The van der Waals surface area contributed by atoms with E-state index in [1.165, 1.54) is 122 Å². The van der Waals surface area contributed by atoms with E-state index in [1.54, 1.807) is 0 Å². The first kappa shape index (κ1) is 81.1. The molecule has 0 rings (SSSR count). The third kappa shape index (κ3) is 58.8. The van der Waals surface area contributed by atoms with Crippen LogP contribution in [0.2, 0.25) is 0 Å². The van der Waals surface area contributed by atoms with E-state index in [0.717, 1.165) is 103 Å². The average molecular weight is 1230 g/mol. The van der Waals surface area contributed by atoms with Crippen molar-refractivity contribution in [2.45, 2.75) is 336 Å². The molecule has 0 aliphatic rings. The van der Waals surface area contributed by atoms with Crippen molar-refractivity contribution in [3.05, 3.63) is 0 Å². The number of hydrogen-bond acceptors (Lipinski definition) is 15. The molecule has 17 nitrogen and oxygen atoms in total. The second-order valence-electron chi connectivity index (χ2n) is 24.1. The van der Waals surface area contributed by atoms with Crippen LogP contribution >= 0.6 is 15.6 Å². The van der Waals surface area contributed by atoms with Gasteiger partial charge in [-0.3, -0.25) is 37.3 Å². The maximum Gasteiger partial charge on any atom is 0.472 e. The zero-order valence-electron chi connectivity index (χ0n) is 53.5. The average Bonchev–Trinajstić information content (AvgIpc) is 3.45. The van der Waals surface area contributed by atoms with Crippen molar-refractivity contribution in [3.63, 3.8) is 0 Å². The number of rotatable bonds is 63. The molecular weight excluding hydrogens is 1100 g/mol. The minimum atomic E-state index is -4.94. The summed E-state index contributed by atoms with van der Waals surface area (Å²) in [6.45, 7) is 9.29. The Bertz CT molecular complexity index is 1630. The highest BCUT2D eigenvalue weighted by molar-refractivity contribution is 7.47. The standard InChI is InChI=1S/C64H124O17P2/c1-7-9-11-13-14-15-16-17-18-19-20-21-22-23-24-29-36-42-48-63(68)81-60(53-75-62(67)47-41-35-30-25-27-33-38-44-56(3)4)55-79-83(72,73)77-51-58(65)50-76-82(70,71)78-54-59(52-74-61(66)46-40-32-12-10-8-2)80-64(69)49-43-37-31-26-28-34-39-45-57(5)6/h56-60,65H,7-55H2,1-6H3,(H,70,71)(H,72,73)/t58-,59+,60+/m0/s1. The van der Waals surface area contributed by atoms with Gasteiger partial charge >= 0.3 is 39.5 Å². The molecule has 0 saturated carbocycles. The lowest BCUT2D eigenvalue weighted by Gasteiger charge is -2.21. The van der Waals surface area contributed by atoms with E-state index in [9.17, 15) is 43.2 Å². The highest BCUT2D eigenvalue weighted by Crippen LogP contribution is 2.45. The van der Waals surface area contributed by atoms with Crippen molar-refractivity contribution < 1.29 is 80.2 Å². The van der Waals surface area contributed by atoms with Gasteiger partial charge < -0.3 is 33.8 Å². The van der Waals surface area contributed by atoms with Crippen LogP contribution in [-0.2, 0) is 65.4 Å². The summed E-state index contributed by atoms with van der Waals surface area (Å²) in [5.41, 5.74) is 0. The van der Waals surface area contributed by atoms with Gasteiger partial charge in [0.1, 0.15) is 19.3 Å². The lowest BCUT2D eigenvalue weighted by atomic mass is 10.0. The fourth-order valence-corrected chi connectivity index (χ4v) is 11.1. The van der Waals surface area contributed by atoms with E-state index in [2.05, 4.69) is 41.5 Å². The fraction of sp³-hybridized carbons (Fsp3) is 0.938. The number of esters is 4. The Hall–Kier alpha value is -1.94. The van der Waals surface area contributed by atoms with Crippen LogP contribution in [0, 0.1) is 11.8 Å². The largest absolute Gasteiger partial charge is 0.472 e. The Labute approximate surface area is 505 Å². The van der Waals surface area contributed by atoms with Crippen molar-refractivity contribution in [2.24, 2.45) is 11.8 Å². The molecular formula is C64H124O17P2. The second-order valence-corrected chi connectivity index (χ2v) is 27.0. The van der Waals surface area contributed by atoms with E-state index >= 15 is 0 Å². The van der Waals surface area contributed by atoms with E-state index in [-0.39, 0.29) is 25.7 Å². The number of ether oxygens (including phenoxy) is 4. The molecule has 2 unspecified atom stereocenters. The molecule has 0 bridgehead atoms. The number of phosphoric acid groups is 2. The van der Waals surface area contributed by atoms with Gasteiger partial charge in [-0.25, -0.2) is 9.13 Å². The number of aliphatic hydroxyl groups excluding tert-OH is 1. The maximum absolute atomic E-state index is 13.0. The summed E-state index contributed by atoms with van der Waals surface area (Å²) < 4.78 is 67.8. The number of hydrogen-bond donors (Lipinski definition) is 3. The zero-order valence-corrected chi connectivity index (χ0v) is 55.3. The minimum absolute atomic E-state index is 0.102. The van der Waals surface area contributed by atoms with Crippen LogP contribution in [0.1, 0.15) is 318 Å². The van der Waals surface area contributed by atoms with Crippen molar-refractivity contribution >= 4 is 39.5 Å². The molecule has 0 aromatic carbocycles. The second kappa shape index (κ2) is 56.6. The van der Waals surface area contributed by atoms with Crippen molar-refractivity contribution in [3.8, 4) is 0 Å². The molecule has 0 aliphatic heterocycles. The van der Waals surface area contributed by atoms with Gasteiger partial charge in [0.25, 0.3) is 0 Å². The molecule has 0 fully saturated rings. The van der Waals surface area contributed by atoms with Gasteiger partial charge in [-0.15, -0.1) is 0 Å². The van der Waals surface area contributed by atoms with E-state index in [1.807, 2.05) is 0 Å². The quantitative estimate of drug-likeness (QED) is 0.0222. The molecule has 0 amide bonds. The number of carbonyl (C=O) groups excluding carboxylic acids is 4. The summed E-state index contributed by atoms with van der Waals surface area (Å²) in [4.78, 5) is 71.9. The molecule has 5 atom stereocenters. The Morgan fingerprint density at radius 2 is 0.554 bits per heavy atom. The normalized spacial score (nSPS) is 14.3. The zero-order chi connectivity index (χ0) is 61.5. The highest BCUT2D eigenvalue weighted by Gasteiger charge is 2.30.